The van der Waals surface area contributed by atoms with Gasteiger partial charge in [0.15, 0.2) is 0 Å². The quantitative estimate of drug-likeness (QED) is 0.698. The average molecular weight is 424 g/mol. The molecule has 2 amide bonds. The molecule has 0 bridgehead atoms. The van der Waals surface area contributed by atoms with E-state index in [0.29, 0.717) is 17.0 Å². The number of carbonyl (C=O) groups excluding carboxylic acids is 2. The number of piperazine rings is 1. The third kappa shape index (κ3) is 3.70. The Morgan fingerprint density at radius 1 is 0.933 bits per heavy atom. The van der Waals surface area contributed by atoms with E-state index in [9.17, 15) is 9.59 Å². The van der Waals surface area contributed by atoms with Crippen molar-refractivity contribution in [2.75, 3.05) is 37.6 Å². The summed E-state index contributed by atoms with van der Waals surface area (Å²) in [6, 6.07) is 11.7. The van der Waals surface area contributed by atoms with E-state index in [1.54, 1.807) is 0 Å². The molecule has 0 spiro atoms. The summed E-state index contributed by atoms with van der Waals surface area (Å²) in [7, 11) is 0. The van der Waals surface area contributed by atoms with E-state index in [2.05, 4.69) is 37.5 Å². The summed E-state index contributed by atoms with van der Waals surface area (Å²) < 4.78 is 0. The number of anilines is 1. The molecule has 1 aromatic carbocycles. The maximum Gasteiger partial charge on any atom is 0.282 e. The maximum atomic E-state index is 13.6. The number of amides is 2. The lowest BCUT2D eigenvalue weighted by atomic mass is 9.87. The first-order chi connectivity index (χ1) is 14.3. The van der Waals surface area contributed by atoms with Crippen LogP contribution < -0.4 is 4.90 Å². The number of carbonyl (C=O) groups is 2. The molecule has 0 radical (unpaired) electrons. The monoisotopic (exact) mass is 423 g/mol. The van der Waals surface area contributed by atoms with Gasteiger partial charge in [0, 0.05) is 31.1 Å². The molecule has 6 heteroatoms. The van der Waals surface area contributed by atoms with E-state index in [-0.39, 0.29) is 17.2 Å². The average Bonchev–Trinajstić information content (AvgIpc) is 3.33. The van der Waals surface area contributed by atoms with Crippen molar-refractivity contribution < 1.29 is 9.59 Å². The van der Waals surface area contributed by atoms with Gasteiger partial charge in [-0.05, 0) is 41.1 Å². The summed E-state index contributed by atoms with van der Waals surface area (Å²) in [6.07, 6.45) is 0. The first kappa shape index (κ1) is 20.8. The highest BCUT2D eigenvalue weighted by molar-refractivity contribution is 7.11. The van der Waals surface area contributed by atoms with Gasteiger partial charge in [-0.2, -0.15) is 0 Å². The van der Waals surface area contributed by atoms with Gasteiger partial charge in [0.1, 0.15) is 5.70 Å². The molecule has 2 aromatic rings. The van der Waals surface area contributed by atoms with E-state index in [1.165, 1.54) is 21.8 Å². The Bertz CT molecular complexity index is 963. The van der Waals surface area contributed by atoms with Crippen LogP contribution in [0.3, 0.4) is 0 Å². The minimum Gasteiger partial charge on any atom is -0.364 e. The topological polar surface area (TPSA) is 43.9 Å². The molecule has 2 aliphatic heterocycles. The Labute approximate surface area is 182 Å². The molecule has 0 aliphatic carbocycles. The number of likely N-dealkylation sites (N-methyl/N-ethyl adjacent to an activating group) is 1. The number of hydrogen-bond acceptors (Lipinski definition) is 5. The number of rotatable bonds is 4. The van der Waals surface area contributed by atoms with Crippen LogP contribution in [-0.2, 0) is 15.0 Å². The molecule has 2 aliphatic rings. The zero-order chi connectivity index (χ0) is 21.5. The molecular weight excluding hydrogens is 394 g/mol. The van der Waals surface area contributed by atoms with Gasteiger partial charge in [0.25, 0.3) is 11.8 Å². The molecule has 0 N–H and O–H groups in total. The molecule has 158 valence electrons. The van der Waals surface area contributed by atoms with Gasteiger partial charge in [0.05, 0.1) is 11.3 Å². The fraction of sp³-hybridized carbons (Fsp3) is 0.417. The number of benzene rings is 1. The van der Waals surface area contributed by atoms with Crippen LogP contribution in [-0.4, -0.2) is 54.3 Å². The smallest absolute Gasteiger partial charge is 0.282 e. The van der Waals surface area contributed by atoms with Gasteiger partial charge in [0.2, 0.25) is 0 Å². The third-order valence-electron chi connectivity index (χ3n) is 5.95. The Balaban J connectivity index is 1.70. The lowest BCUT2D eigenvalue weighted by Gasteiger charge is -2.35. The van der Waals surface area contributed by atoms with Crippen LogP contribution >= 0.6 is 11.3 Å². The number of hydrogen-bond donors (Lipinski definition) is 0. The highest BCUT2D eigenvalue weighted by Crippen LogP contribution is 2.37. The number of imide groups is 1. The van der Waals surface area contributed by atoms with Gasteiger partial charge < -0.3 is 9.80 Å². The third-order valence-corrected chi connectivity index (χ3v) is 6.84. The lowest BCUT2D eigenvalue weighted by Crippen LogP contribution is -2.47. The minimum atomic E-state index is -0.223. The Morgan fingerprint density at radius 2 is 1.60 bits per heavy atom. The van der Waals surface area contributed by atoms with Crippen molar-refractivity contribution in [2.45, 2.75) is 33.1 Å². The summed E-state index contributed by atoms with van der Waals surface area (Å²) in [5, 5.41) is 1.95. The minimum absolute atomic E-state index is 0.0159. The lowest BCUT2D eigenvalue weighted by molar-refractivity contribution is -0.120. The molecule has 0 atom stereocenters. The van der Waals surface area contributed by atoms with E-state index < -0.39 is 0 Å². The second-order valence-electron chi connectivity index (χ2n) is 8.86. The maximum absolute atomic E-state index is 13.6. The molecular formula is C24H29N3O2S. The first-order valence-electron chi connectivity index (χ1n) is 10.6. The highest BCUT2D eigenvalue weighted by Gasteiger charge is 2.43. The van der Waals surface area contributed by atoms with Gasteiger partial charge >= 0.3 is 0 Å². The Kier molecular flexibility index (Phi) is 5.55. The standard InChI is InChI=1S/C24H29N3O2S/c1-5-25-12-14-26(15-13-25)21-20(19-7-6-16-30-19)22(28)27(23(21)29)18-10-8-17(9-11-18)24(2,3)4/h6-11,16H,5,12-15H2,1-4H3. The molecule has 1 aromatic heterocycles. The van der Waals surface area contributed by atoms with Crippen LogP contribution in [0.4, 0.5) is 5.69 Å². The normalized spacial score (nSPS) is 18.7. The van der Waals surface area contributed by atoms with Crippen molar-refractivity contribution in [3.05, 3.63) is 57.9 Å². The van der Waals surface area contributed by atoms with Crippen LogP contribution in [0.1, 0.15) is 38.1 Å². The van der Waals surface area contributed by atoms with Crippen LogP contribution in [0.15, 0.2) is 47.5 Å². The molecule has 0 saturated carbocycles. The summed E-state index contributed by atoms with van der Waals surface area (Å²) in [5.41, 5.74) is 2.92. The largest absolute Gasteiger partial charge is 0.364 e. The van der Waals surface area contributed by atoms with Crippen LogP contribution in [0.5, 0.6) is 0 Å². The van der Waals surface area contributed by atoms with Crippen molar-refractivity contribution >= 4 is 34.4 Å². The fourth-order valence-electron chi connectivity index (χ4n) is 4.09. The van der Waals surface area contributed by atoms with Crippen LogP contribution in [0, 0.1) is 0 Å². The van der Waals surface area contributed by atoms with E-state index in [1.807, 2.05) is 41.8 Å². The van der Waals surface area contributed by atoms with E-state index >= 15 is 0 Å². The van der Waals surface area contributed by atoms with Gasteiger partial charge in [-0.25, -0.2) is 4.90 Å². The molecule has 30 heavy (non-hydrogen) atoms. The predicted octanol–water partition coefficient (Wildman–Crippen LogP) is 3.97. The SMILES string of the molecule is CCN1CCN(C2=C(c3cccs3)C(=O)N(c3ccc(C(C)(C)C)cc3)C2=O)CC1. The Morgan fingerprint density at radius 3 is 2.13 bits per heavy atom. The second-order valence-corrected chi connectivity index (χ2v) is 9.81. The van der Waals surface area contributed by atoms with Crippen molar-refractivity contribution in [2.24, 2.45) is 0 Å². The zero-order valence-electron chi connectivity index (χ0n) is 18.1. The summed E-state index contributed by atoms with van der Waals surface area (Å²) in [4.78, 5) is 33.7. The summed E-state index contributed by atoms with van der Waals surface area (Å²) in [6.45, 7) is 12.9. The van der Waals surface area contributed by atoms with E-state index in [4.69, 9.17) is 0 Å². The van der Waals surface area contributed by atoms with Crippen LogP contribution in [0.2, 0.25) is 0 Å². The predicted molar refractivity (Wildman–Crippen MR) is 123 cm³/mol. The van der Waals surface area contributed by atoms with Crippen LogP contribution in [0.25, 0.3) is 5.57 Å². The first-order valence-corrected chi connectivity index (χ1v) is 11.4. The van der Waals surface area contributed by atoms with Crippen molar-refractivity contribution in [3.8, 4) is 0 Å². The summed E-state index contributed by atoms with van der Waals surface area (Å²) in [5.74, 6) is -0.435. The molecule has 1 saturated heterocycles. The number of thiophene rings is 1. The highest BCUT2D eigenvalue weighted by atomic mass is 32.1. The Hall–Kier alpha value is -2.44. The van der Waals surface area contributed by atoms with Gasteiger partial charge in [-0.15, -0.1) is 11.3 Å². The second kappa shape index (κ2) is 8.00. The van der Waals surface area contributed by atoms with Gasteiger partial charge in [-0.1, -0.05) is 45.9 Å². The molecule has 0 unspecified atom stereocenters. The van der Waals surface area contributed by atoms with Crippen molar-refractivity contribution in [1.29, 1.82) is 0 Å². The van der Waals surface area contributed by atoms with Crippen molar-refractivity contribution in [1.82, 2.24) is 9.80 Å². The fourth-order valence-corrected chi connectivity index (χ4v) is 4.85. The zero-order valence-corrected chi connectivity index (χ0v) is 19.0. The number of nitrogens with zero attached hydrogens (tertiary/aromatic N) is 3. The van der Waals surface area contributed by atoms with Gasteiger partial charge in [-0.3, -0.25) is 9.59 Å². The van der Waals surface area contributed by atoms with E-state index in [0.717, 1.165) is 37.6 Å². The molecule has 5 nitrogen and oxygen atoms in total. The molecule has 4 rings (SSSR count). The summed E-state index contributed by atoms with van der Waals surface area (Å²) >= 11 is 1.51. The van der Waals surface area contributed by atoms with Crippen molar-refractivity contribution in [3.63, 3.8) is 0 Å². The molecule has 3 heterocycles. The molecule has 1 fully saturated rings.